The maximum atomic E-state index is 12.5. The zero-order valence-corrected chi connectivity index (χ0v) is 24.8. The molecule has 2 saturated carbocycles. The third-order valence-corrected chi connectivity index (χ3v) is 9.24. The van der Waals surface area contributed by atoms with Gasteiger partial charge in [0.1, 0.15) is 10.3 Å². The zero-order chi connectivity index (χ0) is 25.6. The fourth-order valence-electron chi connectivity index (χ4n) is 4.17. The highest BCUT2D eigenvalue weighted by Crippen LogP contribution is 2.43. The van der Waals surface area contributed by atoms with E-state index in [2.05, 4.69) is 55.1 Å². The van der Waals surface area contributed by atoms with Crippen LogP contribution in [0.4, 0.5) is 0 Å². The van der Waals surface area contributed by atoms with Crippen LogP contribution in [0.3, 0.4) is 0 Å². The number of nitrogens with zero attached hydrogens (tertiary/aromatic N) is 3. The Labute approximate surface area is 246 Å². The van der Waals surface area contributed by atoms with Gasteiger partial charge in [-0.3, -0.25) is 14.5 Å². The van der Waals surface area contributed by atoms with Crippen LogP contribution in [0.25, 0.3) is 0 Å². The largest absolute Gasteiger partial charge is 0.392 e. The molecule has 0 radical (unpaired) electrons. The van der Waals surface area contributed by atoms with Crippen LogP contribution >= 0.6 is 68.4 Å². The number of aliphatic hydroxyl groups is 1. The second-order valence-corrected chi connectivity index (χ2v) is 12.0. The summed E-state index contributed by atoms with van der Waals surface area (Å²) in [7, 11) is 0. The van der Waals surface area contributed by atoms with Gasteiger partial charge >= 0.3 is 0 Å². The Kier molecular flexibility index (Phi) is 7.88. The number of carbonyl (C=O) groups excluding carboxylic acids is 2. The van der Waals surface area contributed by atoms with Gasteiger partial charge in [0.2, 0.25) is 0 Å². The van der Waals surface area contributed by atoms with E-state index in [4.69, 9.17) is 28.3 Å². The number of halogens is 4. The minimum Gasteiger partial charge on any atom is -0.392 e. The predicted octanol–water partition coefficient (Wildman–Crippen LogP) is 6.72. The Balaban J connectivity index is 0.000000174. The number of hydrogen-bond acceptors (Lipinski definition) is 5. The molecule has 0 spiro atoms. The predicted molar refractivity (Wildman–Crippen MR) is 154 cm³/mol. The summed E-state index contributed by atoms with van der Waals surface area (Å²) < 4.78 is 2.08. The van der Waals surface area contributed by atoms with Crippen molar-refractivity contribution in [1.29, 1.82) is 0 Å². The lowest BCUT2D eigenvalue weighted by Gasteiger charge is -2.16. The molecule has 186 valence electrons. The van der Waals surface area contributed by atoms with Crippen molar-refractivity contribution < 1.29 is 14.7 Å². The number of pyridine rings is 2. The van der Waals surface area contributed by atoms with Gasteiger partial charge in [-0.2, -0.15) is 0 Å². The quantitative estimate of drug-likeness (QED) is 0.178. The van der Waals surface area contributed by atoms with Crippen molar-refractivity contribution >= 4 is 80.2 Å². The van der Waals surface area contributed by atoms with E-state index < -0.39 is 0 Å². The lowest BCUT2D eigenvalue weighted by atomic mass is 10.1. The van der Waals surface area contributed by atoms with Gasteiger partial charge in [0, 0.05) is 19.0 Å². The molecule has 1 aromatic carbocycles. The first kappa shape index (κ1) is 26.3. The molecule has 3 heterocycles. The number of aromatic nitrogens is 2. The van der Waals surface area contributed by atoms with Crippen LogP contribution in [-0.4, -0.2) is 31.8 Å². The van der Waals surface area contributed by atoms with Crippen LogP contribution in [0.5, 0.6) is 0 Å². The van der Waals surface area contributed by atoms with Crippen molar-refractivity contribution in [3.05, 3.63) is 87.5 Å². The number of fused-ring (bicyclic) bond motifs is 1. The fraction of sp³-hybridized carbons (Fsp3) is 0.308. The molecule has 36 heavy (non-hydrogen) atoms. The molecule has 2 fully saturated rings. The van der Waals surface area contributed by atoms with Crippen LogP contribution in [-0.2, 0) is 13.2 Å². The highest BCUT2D eigenvalue weighted by Gasteiger charge is 2.36. The van der Waals surface area contributed by atoms with Crippen molar-refractivity contribution in [2.24, 2.45) is 0 Å². The second kappa shape index (κ2) is 10.8. The number of amides is 2. The molecule has 0 saturated heterocycles. The van der Waals surface area contributed by atoms with E-state index in [0.29, 0.717) is 33.3 Å². The standard InChI is InChI=1S/C17H12ClIN2O2.C9H9ClINO/c18-13-7-10(14(19)15(20-13)9-5-6-9)8-21-16(22)11-3-1-2-4-12(11)17(21)23;10-7-3-6(4-13)8(11)9(12-7)5-1-2-5/h1-4,7,9H,5-6,8H2;3,5,13H,1-2,4H2. The topological polar surface area (TPSA) is 83.4 Å². The molecule has 0 bridgehead atoms. The molecular formula is C26H21Cl2I2N3O3. The lowest BCUT2D eigenvalue weighted by Crippen LogP contribution is -2.29. The smallest absolute Gasteiger partial charge is 0.261 e. The van der Waals surface area contributed by atoms with Gasteiger partial charge in [-0.25, -0.2) is 9.97 Å². The van der Waals surface area contributed by atoms with Gasteiger partial charge in [0.15, 0.2) is 0 Å². The first-order chi connectivity index (χ1) is 17.3. The number of rotatable bonds is 5. The summed E-state index contributed by atoms with van der Waals surface area (Å²) in [5.74, 6) is 0.544. The normalized spacial score (nSPS) is 16.6. The molecule has 3 aliphatic rings. The summed E-state index contributed by atoms with van der Waals surface area (Å²) >= 11 is 16.5. The number of imide groups is 1. The average Bonchev–Trinajstić information content (AvgIpc) is 3.79. The summed E-state index contributed by atoms with van der Waals surface area (Å²) in [5, 5.41) is 9.99. The summed E-state index contributed by atoms with van der Waals surface area (Å²) in [5.41, 5.74) is 4.76. The Morgan fingerprint density at radius 1 is 0.833 bits per heavy atom. The number of carbonyl (C=O) groups is 2. The molecule has 0 atom stereocenters. The molecule has 2 aromatic heterocycles. The van der Waals surface area contributed by atoms with E-state index in [1.807, 2.05) is 0 Å². The van der Waals surface area contributed by atoms with Crippen LogP contribution in [0.15, 0.2) is 36.4 Å². The SMILES string of the molecule is O=C1c2ccccc2C(=O)N1Cc1cc(Cl)nc(C2CC2)c1I.OCc1cc(Cl)nc(C2CC2)c1I. The molecule has 6 nitrogen and oxygen atoms in total. The molecular weight excluding hydrogens is 727 g/mol. The monoisotopic (exact) mass is 747 g/mol. The Morgan fingerprint density at radius 2 is 1.28 bits per heavy atom. The fourth-order valence-corrected chi connectivity index (χ4v) is 6.39. The summed E-state index contributed by atoms with van der Waals surface area (Å²) in [6.45, 7) is 0.271. The Hall–Kier alpha value is -1.34. The van der Waals surface area contributed by atoms with E-state index in [-0.39, 0.29) is 25.0 Å². The van der Waals surface area contributed by atoms with Crippen LogP contribution in [0, 0.1) is 7.14 Å². The van der Waals surface area contributed by atoms with E-state index in [0.717, 1.165) is 42.5 Å². The van der Waals surface area contributed by atoms with Gasteiger partial charge in [-0.1, -0.05) is 35.3 Å². The van der Waals surface area contributed by atoms with Gasteiger partial charge in [-0.05, 0) is 106 Å². The number of hydrogen-bond donors (Lipinski definition) is 1. The van der Waals surface area contributed by atoms with Crippen molar-refractivity contribution in [1.82, 2.24) is 14.9 Å². The second-order valence-electron chi connectivity index (χ2n) is 9.06. The van der Waals surface area contributed by atoms with Crippen molar-refractivity contribution in [2.75, 3.05) is 0 Å². The van der Waals surface area contributed by atoms with Gasteiger partial charge in [-0.15, -0.1) is 0 Å². The summed E-state index contributed by atoms with van der Waals surface area (Å²) in [6.07, 6.45) is 4.65. The van der Waals surface area contributed by atoms with E-state index >= 15 is 0 Å². The van der Waals surface area contributed by atoms with Gasteiger partial charge in [0.25, 0.3) is 11.8 Å². The maximum Gasteiger partial charge on any atom is 0.261 e. The maximum absolute atomic E-state index is 12.5. The number of benzene rings is 1. The molecule has 6 rings (SSSR count). The summed E-state index contributed by atoms with van der Waals surface area (Å²) in [6, 6.07) is 10.4. The highest BCUT2D eigenvalue weighted by molar-refractivity contribution is 14.1. The minimum absolute atomic E-state index is 0.0419. The Morgan fingerprint density at radius 3 is 1.72 bits per heavy atom. The third-order valence-electron chi connectivity index (χ3n) is 6.36. The van der Waals surface area contributed by atoms with Crippen LogP contribution in [0.1, 0.15) is 80.7 Å². The average molecular weight is 748 g/mol. The first-order valence-electron chi connectivity index (χ1n) is 11.5. The molecule has 2 amide bonds. The molecule has 1 N–H and O–H groups in total. The van der Waals surface area contributed by atoms with E-state index in [1.165, 1.54) is 17.7 Å². The minimum atomic E-state index is -0.248. The summed E-state index contributed by atoms with van der Waals surface area (Å²) in [4.78, 5) is 35.0. The first-order valence-corrected chi connectivity index (χ1v) is 14.5. The molecule has 2 aliphatic carbocycles. The van der Waals surface area contributed by atoms with Crippen molar-refractivity contribution in [3.63, 3.8) is 0 Å². The van der Waals surface area contributed by atoms with Crippen molar-refractivity contribution in [2.45, 2.75) is 50.7 Å². The van der Waals surface area contributed by atoms with Crippen molar-refractivity contribution in [3.8, 4) is 0 Å². The third kappa shape index (κ3) is 5.43. The molecule has 3 aromatic rings. The van der Waals surface area contributed by atoms with Gasteiger partial charge in [0.05, 0.1) is 35.7 Å². The lowest BCUT2D eigenvalue weighted by molar-refractivity contribution is 0.0642. The van der Waals surface area contributed by atoms with E-state index in [1.54, 1.807) is 36.4 Å². The molecule has 0 unspecified atom stereocenters. The van der Waals surface area contributed by atoms with Gasteiger partial charge < -0.3 is 5.11 Å². The Bertz CT molecular complexity index is 1340. The highest BCUT2D eigenvalue weighted by atomic mass is 127. The molecule has 10 heteroatoms. The number of aliphatic hydroxyl groups excluding tert-OH is 1. The zero-order valence-electron chi connectivity index (χ0n) is 19.0. The van der Waals surface area contributed by atoms with Crippen LogP contribution < -0.4 is 0 Å². The van der Waals surface area contributed by atoms with Crippen LogP contribution in [0.2, 0.25) is 10.3 Å². The van der Waals surface area contributed by atoms with E-state index in [9.17, 15) is 9.59 Å². The molecule has 1 aliphatic heterocycles.